The molecule has 0 saturated heterocycles. The van der Waals surface area contributed by atoms with Gasteiger partial charge in [0.15, 0.2) is 0 Å². The maximum Gasteiger partial charge on any atom is 0.340 e. The standard InChI is InChI=1S/C15H23ClN2O2/c1-6-20-14(19)11-7-10(17)8-12(16)13(11)18(5)9-15(2,3)4/h7-8H,6,9,17H2,1-5H3. The zero-order valence-electron chi connectivity index (χ0n) is 12.8. The van der Waals surface area contributed by atoms with Gasteiger partial charge in [-0.15, -0.1) is 0 Å². The smallest absolute Gasteiger partial charge is 0.340 e. The molecule has 4 nitrogen and oxygen atoms in total. The van der Waals surface area contributed by atoms with Gasteiger partial charge in [0.2, 0.25) is 0 Å². The largest absolute Gasteiger partial charge is 0.462 e. The van der Waals surface area contributed by atoms with Crippen LogP contribution in [0.5, 0.6) is 0 Å². The summed E-state index contributed by atoms with van der Waals surface area (Å²) in [5, 5.41) is 0.458. The Labute approximate surface area is 125 Å². The predicted molar refractivity (Wildman–Crippen MR) is 84.5 cm³/mol. The predicted octanol–water partition coefficient (Wildman–Crippen LogP) is 3.58. The summed E-state index contributed by atoms with van der Waals surface area (Å²) in [7, 11) is 1.91. The Morgan fingerprint density at radius 3 is 2.50 bits per heavy atom. The van der Waals surface area contributed by atoms with Crippen molar-refractivity contribution >= 4 is 28.9 Å². The second kappa shape index (κ2) is 6.35. The van der Waals surface area contributed by atoms with Gasteiger partial charge in [-0.25, -0.2) is 4.79 Å². The Bertz CT molecular complexity index is 495. The van der Waals surface area contributed by atoms with E-state index < -0.39 is 5.97 Å². The van der Waals surface area contributed by atoms with Gasteiger partial charge in [-0.1, -0.05) is 32.4 Å². The lowest BCUT2D eigenvalue weighted by molar-refractivity contribution is 0.0527. The quantitative estimate of drug-likeness (QED) is 0.682. The molecule has 1 rings (SSSR count). The molecule has 0 saturated carbocycles. The minimum atomic E-state index is -0.405. The van der Waals surface area contributed by atoms with Gasteiger partial charge in [0.05, 0.1) is 22.9 Å². The normalized spacial score (nSPS) is 11.3. The van der Waals surface area contributed by atoms with Crippen LogP contribution in [0.3, 0.4) is 0 Å². The third-order valence-corrected chi connectivity index (χ3v) is 2.96. The molecule has 1 aromatic rings. The number of nitrogens with two attached hydrogens (primary N) is 1. The first-order valence-corrected chi connectivity index (χ1v) is 7.00. The summed E-state index contributed by atoms with van der Waals surface area (Å²) in [6.07, 6.45) is 0. The van der Waals surface area contributed by atoms with Gasteiger partial charge in [-0.3, -0.25) is 0 Å². The fourth-order valence-corrected chi connectivity index (χ4v) is 2.54. The van der Waals surface area contributed by atoms with E-state index in [1.54, 1.807) is 19.1 Å². The Morgan fingerprint density at radius 1 is 1.40 bits per heavy atom. The number of esters is 1. The molecule has 1 aromatic carbocycles. The summed E-state index contributed by atoms with van der Waals surface area (Å²) in [6, 6.07) is 3.26. The van der Waals surface area contributed by atoms with Crippen molar-refractivity contribution in [2.45, 2.75) is 27.7 Å². The number of nitrogens with zero attached hydrogens (tertiary/aromatic N) is 1. The summed E-state index contributed by atoms with van der Waals surface area (Å²) in [4.78, 5) is 14.0. The van der Waals surface area contributed by atoms with Crippen LogP contribution in [-0.4, -0.2) is 26.2 Å². The molecule has 0 amide bonds. The number of carbonyl (C=O) groups excluding carboxylic acids is 1. The molecular formula is C15H23ClN2O2. The molecule has 20 heavy (non-hydrogen) atoms. The van der Waals surface area contributed by atoms with E-state index in [1.165, 1.54) is 0 Å². The average molecular weight is 299 g/mol. The molecule has 0 fully saturated rings. The number of carbonyl (C=O) groups is 1. The third kappa shape index (κ3) is 4.30. The third-order valence-electron chi connectivity index (χ3n) is 2.67. The molecule has 0 aliphatic rings. The van der Waals surface area contributed by atoms with Crippen LogP contribution < -0.4 is 10.6 Å². The molecule has 0 spiro atoms. The second-order valence-corrected chi connectivity index (χ2v) is 6.44. The number of rotatable bonds is 4. The van der Waals surface area contributed by atoms with E-state index in [2.05, 4.69) is 20.8 Å². The highest BCUT2D eigenvalue weighted by Gasteiger charge is 2.22. The highest BCUT2D eigenvalue weighted by molar-refractivity contribution is 6.34. The summed E-state index contributed by atoms with van der Waals surface area (Å²) in [5.74, 6) is -0.405. The van der Waals surface area contributed by atoms with Crippen LogP contribution in [0, 0.1) is 5.41 Å². The zero-order chi connectivity index (χ0) is 15.5. The first kappa shape index (κ1) is 16.6. The van der Waals surface area contributed by atoms with E-state index in [0.29, 0.717) is 28.6 Å². The maximum absolute atomic E-state index is 12.1. The lowest BCUT2D eigenvalue weighted by Gasteiger charge is -2.30. The van der Waals surface area contributed by atoms with Gasteiger partial charge < -0.3 is 15.4 Å². The number of hydrogen-bond acceptors (Lipinski definition) is 4. The van der Waals surface area contributed by atoms with Gasteiger partial charge in [-0.05, 0) is 24.5 Å². The number of halogens is 1. The zero-order valence-corrected chi connectivity index (χ0v) is 13.5. The first-order chi connectivity index (χ1) is 9.15. The summed E-state index contributed by atoms with van der Waals surface area (Å²) >= 11 is 6.27. The van der Waals surface area contributed by atoms with Crippen LogP contribution >= 0.6 is 11.6 Å². The fourth-order valence-electron chi connectivity index (χ4n) is 2.16. The van der Waals surface area contributed by atoms with Crippen molar-refractivity contribution < 1.29 is 9.53 Å². The van der Waals surface area contributed by atoms with Crippen molar-refractivity contribution in [1.82, 2.24) is 0 Å². The first-order valence-electron chi connectivity index (χ1n) is 6.63. The Kier molecular flexibility index (Phi) is 5.28. The van der Waals surface area contributed by atoms with E-state index in [1.807, 2.05) is 11.9 Å². The van der Waals surface area contributed by atoms with E-state index in [9.17, 15) is 4.79 Å². The molecule has 5 heteroatoms. The average Bonchev–Trinajstić information content (AvgIpc) is 2.25. The van der Waals surface area contributed by atoms with Crippen LogP contribution in [0.25, 0.3) is 0 Å². The molecule has 112 valence electrons. The van der Waals surface area contributed by atoms with Crippen LogP contribution in [-0.2, 0) is 4.74 Å². The second-order valence-electron chi connectivity index (χ2n) is 6.04. The van der Waals surface area contributed by atoms with Crippen LogP contribution in [0.15, 0.2) is 12.1 Å². The molecule has 0 aliphatic carbocycles. The molecule has 0 heterocycles. The Morgan fingerprint density at radius 2 is 2.00 bits per heavy atom. The van der Waals surface area contributed by atoms with Crippen LogP contribution in [0.4, 0.5) is 11.4 Å². The maximum atomic E-state index is 12.1. The Hall–Kier alpha value is -1.42. The SMILES string of the molecule is CCOC(=O)c1cc(N)cc(Cl)c1N(C)CC(C)(C)C. The summed E-state index contributed by atoms with van der Waals surface area (Å²) < 4.78 is 5.08. The number of anilines is 2. The molecule has 2 N–H and O–H groups in total. The van der Waals surface area contributed by atoms with Gasteiger partial charge in [0, 0.05) is 19.3 Å². The topological polar surface area (TPSA) is 55.6 Å². The molecule has 0 aliphatic heterocycles. The van der Waals surface area contributed by atoms with E-state index in [-0.39, 0.29) is 5.41 Å². The molecule has 0 atom stereocenters. The van der Waals surface area contributed by atoms with Gasteiger partial charge in [0.25, 0.3) is 0 Å². The monoisotopic (exact) mass is 298 g/mol. The van der Waals surface area contributed by atoms with Gasteiger partial charge >= 0.3 is 5.97 Å². The van der Waals surface area contributed by atoms with Crippen molar-refractivity contribution in [1.29, 1.82) is 0 Å². The Balaban J connectivity index is 3.26. The minimum Gasteiger partial charge on any atom is -0.462 e. The lowest BCUT2D eigenvalue weighted by Crippen LogP contribution is -2.30. The lowest BCUT2D eigenvalue weighted by atomic mass is 9.95. The van der Waals surface area contributed by atoms with Crippen molar-refractivity contribution in [3.05, 3.63) is 22.7 Å². The number of benzene rings is 1. The molecule has 0 unspecified atom stereocenters. The van der Waals surface area contributed by atoms with Gasteiger partial charge in [-0.2, -0.15) is 0 Å². The molecule has 0 aromatic heterocycles. The van der Waals surface area contributed by atoms with Crippen molar-refractivity contribution in [2.75, 3.05) is 30.8 Å². The van der Waals surface area contributed by atoms with Crippen LogP contribution in [0.1, 0.15) is 38.1 Å². The van der Waals surface area contributed by atoms with E-state index in [4.69, 9.17) is 22.1 Å². The molecule has 0 radical (unpaired) electrons. The van der Waals surface area contributed by atoms with Crippen LogP contribution in [0.2, 0.25) is 5.02 Å². The fraction of sp³-hybridized carbons (Fsp3) is 0.533. The molecule has 0 bridgehead atoms. The summed E-state index contributed by atoms with van der Waals surface area (Å²) in [6.45, 7) is 9.21. The van der Waals surface area contributed by atoms with E-state index in [0.717, 1.165) is 6.54 Å². The van der Waals surface area contributed by atoms with E-state index >= 15 is 0 Å². The number of hydrogen-bond donors (Lipinski definition) is 1. The van der Waals surface area contributed by atoms with Crippen molar-refractivity contribution in [2.24, 2.45) is 5.41 Å². The highest BCUT2D eigenvalue weighted by atomic mass is 35.5. The van der Waals surface area contributed by atoms with Gasteiger partial charge in [0.1, 0.15) is 0 Å². The number of ether oxygens (including phenoxy) is 1. The highest BCUT2D eigenvalue weighted by Crippen LogP contribution is 2.34. The summed E-state index contributed by atoms with van der Waals surface area (Å²) in [5.41, 5.74) is 7.37. The number of nitrogen functional groups attached to an aromatic ring is 1. The van der Waals surface area contributed by atoms with Crippen molar-refractivity contribution in [3.63, 3.8) is 0 Å². The van der Waals surface area contributed by atoms with Crippen molar-refractivity contribution in [3.8, 4) is 0 Å². The minimum absolute atomic E-state index is 0.0748. The molecular weight excluding hydrogens is 276 g/mol.